The SMILES string of the molecule is CC1(C)C(C(F)(F)F)CCN1C(=O)CCC1CCNC1. The number of hydrogen-bond acceptors (Lipinski definition) is 2. The molecule has 0 aromatic heterocycles. The van der Waals surface area contributed by atoms with Crippen molar-refractivity contribution in [3.05, 3.63) is 0 Å². The van der Waals surface area contributed by atoms with Crippen LogP contribution in [0.1, 0.15) is 39.5 Å². The molecule has 0 aliphatic carbocycles. The number of hydrogen-bond donors (Lipinski definition) is 1. The fraction of sp³-hybridized carbons (Fsp3) is 0.929. The average Bonchev–Trinajstić information content (AvgIpc) is 2.91. The maximum Gasteiger partial charge on any atom is 0.394 e. The lowest BCUT2D eigenvalue weighted by molar-refractivity contribution is -0.192. The second kappa shape index (κ2) is 5.54. The minimum absolute atomic E-state index is 0.0211. The Labute approximate surface area is 117 Å². The zero-order valence-corrected chi connectivity index (χ0v) is 12.1. The summed E-state index contributed by atoms with van der Waals surface area (Å²) >= 11 is 0. The first kappa shape index (κ1) is 15.6. The highest BCUT2D eigenvalue weighted by Crippen LogP contribution is 2.45. The molecular formula is C14H23F3N2O. The standard InChI is InChI=1S/C14H23F3N2O/c1-13(2)11(14(15,16)17)6-8-19(13)12(20)4-3-10-5-7-18-9-10/h10-11,18H,3-9H2,1-2H3. The summed E-state index contributed by atoms with van der Waals surface area (Å²) in [5.74, 6) is -1.05. The molecular weight excluding hydrogens is 269 g/mol. The van der Waals surface area contributed by atoms with Crippen molar-refractivity contribution in [1.82, 2.24) is 10.2 Å². The molecule has 1 N–H and O–H groups in total. The predicted molar refractivity (Wildman–Crippen MR) is 70.2 cm³/mol. The summed E-state index contributed by atoms with van der Waals surface area (Å²) in [4.78, 5) is 13.7. The van der Waals surface area contributed by atoms with E-state index in [1.165, 1.54) is 18.7 Å². The Bertz CT molecular complexity index is 362. The minimum Gasteiger partial charge on any atom is -0.337 e. The van der Waals surface area contributed by atoms with Gasteiger partial charge in [0.1, 0.15) is 0 Å². The van der Waals surface area contributed by atoms with E-state index >= 15 is 0 Å². The van der Waals surface area contributed by atoms with Gasteiger partial charge in [0.15, 0.2) is 0 Å². The molecule has 2 atom stereocenters. The molecule has 2 saturated heterocycles. The van der Waals surface area contributed by atoms with Gasteiger partial charge in [0.05, 0.1) is 5.92 Å². The van der Waals surface area contributed by atoms with Crippen molar-refractivity contribution in [2.75, 3.05) is 19.6 Å². The zero-order valence-electron chi connectivity index (χ0n) is 12.1. The molecule has 2 aliphatic rings. The lowest BCUT2D eigenvalue weighted by Crippen LogP contribution is -2.49. The number of alkyl halides is 3. The van der Waals surface area contributed by atoms with Crippen LogP contribution in [0, 0.1) is 11.8 Å². The molecule has 0 aromatic carbocycles. The average molecular weight is 292 g/mol. The summed E-state index contributed by atoms with van der Waals surface area (Å²) < 4.78 is 38.9. The van der Waals surface area contributed by atoms with Crippen LogP contribution >= 0.6 is 0 Å². The van der Waals surface area contributed by atoms with E-state index < -0.39 is 17.6 Å². The third-order valence-corrected chi connectivity index (χ3v) is 4.81. The van der Waals surface area contributed by atoms with Crippen molar-refractivity contribution < 1.29 is 18.0 Å². The van der Waals surface area contributed by atoms with Crippen LogP contribution in [0.25, 0.3) is 0 Å². The van der Waals surface area contributed by atoms with Crippen molar-refractivity contribution in [2.24, 2.45) is 11.8 Å². The molecule has 0 aromatic rings. The molecule has 2 fully saturated rings. The number of carbonyl (C=O) groups excluding carboxylic acids is 1. The second-order valence-corrected chi connectivity index (χ2v) is 6.48. The normalized spacial score (nSPS) is 29.9. The van der Waals surface area contributed by atoms with Gasteiger partial charge in [-0.05, 0) is 52.1 Å². The molecule has 20 heavy (non-hydrogen) atoms. The van der Waals surface area contributed by atoms with E-state index in [0.29, 0.717) is 12.3 Å². The topological polar surface area (TPSA) is 32.3 Å². The summed E-state index contributed by atoms with van der Waals surface area (Å²) in [6.45, 7) is 5.19. The van der Waals surface area contributed by atoms with E-state index in [1.54, 1.807) is 0 Å². The van der Waals surface area contributed by atoms with Gasteiger partial charge in [-0.1, -0.05) is 0 Å². The fourth-order valence-electron chi connectivity index (χ4n) is 3.52. The first-order chi connectivity index (χ1) is 9.23. The van der Waals surface area contributed by atoms with Crippen LogP contribution in [0.15, 0.2) is 0 Å². The predicted octanol–water partition coefficient (Wildman–Crippen LogP) is 2.57. The quantitative estimate of drug-likeness (QED) is 0.867. The molecule has 1 amide bonds. The smallest absolute Gasteiger partial charge is 0.337 e. The molecule has 6 heteroatoms. The van der Waals surface area contributed by atoms with Gasteiger partial charge < -0.3 is 10.2 Å². The highest BCUT2D eigenvalue weighted by molar-refractivity contribution is 5.77. The van der Waals surface area contributed by atoms with Gasteiger partial charge in [-0.25, -0.2) is 0 Å². The van der Waals surface area contributed by atoms with Crippen LogP contribution in [0.2, 0.25) is 0 Å². The van der Waals surface area contributed by atoms with Crippen LogP contribution in [0.3, 0.4) is 0 Å². The van der Waals surface area contributed by atoms with Gasteiger partial charge in [-0.2, -0.15) is 13.2 Å². The Kier molecular flexibility index (Phi) is 4.33. The van der Waals surface area contributed by atoms with Crippen LogP contribution in [0.4, 0.5) is 13.2 Å². The Morgan fingerprint density at radius 3 is 2.55 bits per heavy atom. The maximum atomic E-state index is 13.0. The van der Waals surface area contributed by atoms with Crippen molar-refractivity contribution in [2.45, 2.75) is 51.2 Å². The van der Waals surface area contributed by atoms with Crippen LogP contribution in [-0.2, 0) is 4.79 Å². The van der Waals surface area contributed by atoms with E-state index in [0.717, 1.165) is 25.9 Å². The van der Waals surface area contributed by atoms with Gasteiger partial charge in [-0.15, -0.1) is 0 Å². The highest BCUT2D eigenvalue weighted by Gasteiger charge is 2.55. The molecule has 2 rings (SSSR count). The van der Waals surface area contributed by atoms with Gasteiger partial charge in [-0.3, -0.25) is 4.79 Å². The van der Waals surface area contributed by atoms with Crippen molar-refractivity contribution in [1.29, 1.82) is 0 Å². The summed E-state index contributed by atoms with van der Waals surface area (Å²) in [5.41, 5.74) is -1.12. The third kappa shape index (κ3) is 3.10. The number of rotatable bonds is 3. The third-order valence-electron chi connectivity index (χ3n) is 4.81. The van der Waals surface area contributed by atoms with Crippen LogP contribution in [0.5, 0.6) is 0 Å². The summed E-state index contributed by atoms with van der Waals surface area (Å²) in [6.07, 6.45) is -2.02. The van der Waals surface area contributed by atoms with E-state index in [1.807, 2.05) is 0 Å². The summed E-state index contributed by atoms with van der Waals surface area (Å²) in [6, 6.07) is 0. The Balaban J connectivity index is 1.93. The Morgan fingerprint density at radius 2 is 2.05 bits per heavy atom. The van der Waals surface area contributed by atoms with Crippen LogP contribution in [-0.4, -0.2) is 42.2 Å². The summed E-state index contributed by atoms with van der Waals surface area (Å²) in [7, 11) is 0. The van der Waals surface area contributed by atoms with Crippen molar-refractivity contribution in [3.8, 4) is 0 Å². The Hall–Kier alpha value is -0.780. The number of carbonyl (C=O) groups is 1. The molecule has 0 saturated carbocycles. The van der Waals surface area contributed by atoms with E-state index in [4.69, 9.17) is 0 Å². The molecule has 116 valence electrons. The number of halogens is 3. The van der Waals surface area contributed by atoms with Crippen LogP contribution < -0.4 is 5.32 Å². The Morgan fingerprint density at radius 1 is 1.35 bits per heavy atom. The first-order valence-electron chi connectivity index (χ1n) is 7.31. The monoisotopic (exact) mass is 292 g/mol. The lowest BCUT2D eigenvalue weighted by atomic mass is 9.87. The fourth-order valence-corrected chi connectivity index (χ4v) is 3.52. The molecule has 0 radical (unpaired) electrons. The van der Waals surface area contributed by atoms with Crippen molar-refractivity contribution >= 4 is 5.91 Å². The number of amides is 1. The molecule has 2 aliphatic heterocycles. The molecule has 2 unspecified atom stereocenters. The summed E-state index contributed by atoms with van der Waals surface area (Å²) in [5, 5.41) is 3.24. The number of nitrogens with zero attached hydrogens (tertiary/aromatic N) is 1. The van der Waals surface area contributed by atoms with Gasteiger partial charge >= 0.3 is 6.18 Å². The van der Waals surface area contributed by atoms with Gasteiger partial charge in [0.2, 0.25) is 5.91 Å². The lowest BCUT2D eigenvalue weighted by Gasteiger charge is -2.37. The largest absolute Gasteiger partial charge is 0.394 e. The van der Waals surface area contributed by atoms with E-state index in [-0.39, 0.29) is 18.9 Å². The van der Waals surface area contributed by atoms with E-state index in [9.17, 15) is 18.0 Å². The zero-order chi connectivity index (χ0) is 15.0. The van der Waals surface area contributed by atoms with Gasteiger partial charge in [0, 0.05) is 18.5 Å². The molecule has 2 heterocycles. The van der Waals surface area contributed by atoms with E-state index in [2.05, 4.69) is 5.32 Å². The minimum atomic E-state index is -4.23. The van der Waals surface area contributed by atoms with Crippen molar-refractivity contribution in [3.63, 3.8) is 0 Å². The molecule has 0 spiro atoms. The maximum absolute atomic E-state index is 13.0. The molecule has 3 nitrogen and oxygen atoms in total. The number of nitrogens with one attached hydrogen (secondary N) is 1. The van der Waals surface area contributed by atoms with Gasteiger partial charge in [0.25, 0.3) is 0 Å². The second-order valence-electron chi connectivity index (χ2n) is 6.48. The highest BCUT2D eigenvalue weighted by atomic mass is 19.4. The molecule has 0 bridgehead atoms. The first-order valence-corrected chi connectivity index (χ1v) is 7.31. The number of likely N-dealkylation sites (tertiary alicyclic amines) is 1.